The minimum atomic E-state index is -4.56. The third-order valence-electron chi connectivity index (χ3n) is 3.40. The smallest absolute Gasteiger partial charge is 0.383 e. The molecule has 1 heterocycles. The highest BCUT2D eigenvalue weighted by Gasteiger charge is 2.34. The molecular formula is C15H15F3N4O. The highest BCUT2D eigenvalue weighted by molar-refractivity contribution is 5.57. The maximum absolute atomic E-state index is 13.0. The zero-order valence-electron chi connectivity index (χ0n) is 12.5. The van der Waals surface area contributed by atoms with Gasteiger partial charge in [0.25, 0.3) is 0 Å². The largest absolute Gasteiger partial charge is 0.418 e. The Morgan fingerprint density at radius 1 is 1.39 bits per heavy atom. The number of halogens is 3. The Balaban J connectivity index is 2.27. The van der Waals surface area contributed by atoms with E-state index in [4.69, 9.17) is 5.26 Å². The van der Waals surface area contributed by atoms with E-state index in [1.165, 1.54) is 17.8 Å². The first-order valence-corrected chi connectivity index (χ1v) is 6.70. The SMILES string of the molecule is Cn1cc(C(C)(O)CNc2cc(C#N)ccc2C(F)(F)F)cn1. The van der Waals surface area contributed by atoms with E-state index in [-0.39, 0.29) is 17.8 Å². The van der Waals surface area contributed by atoms with Gasteiger partial charge in [-0.15, -0.1) is 0 Å². The van der Waals surface area contributed by atoms with Crippen molar-refractivity contribution in [2.45, 2.75) is 18.7 Å². The molecule has 1 atom stereocenters. The Kier molecular flexibility index (Phi) is 4.34. The molecule has 0 radical (unpaired) electrons. The van der Waals surface area contributed by atoms with Crippen molar-refractivity contribution in [3.63, 3.8) is 0 Å². The van der Waals surface area contributed by atoms with Gasteiger partial charge in [-0.1, -0.05) is 0 Å². The molecule has 0 saturated heterocycles. The third-order valence-corrected chi connectivity index (χ3v) is 3.40. The minimum absolute atomic E-state index is 0.0986. The Morgan fingerprint density at radius 2 is 2.09 bits per heavy atom. The molecule has 0 aliphatic heterocycles. The van der Waals surface area contributed by atoms with Crippen LogP contribution in [0.15, 0.2) is 30.6 Å². The topological polar surface area (TPSA) is 73.9 Å². The van der Waals surface area contributed by atoms with Crippen LogP contribution in [0.2, 0.25) is 0 Å². The van der Waals surface area contributed by atoms with Crippen molar-refractivity contribution in [1.29, 1.82) is 5.26 Å². The number of hydrogen-bond donors (Lipinski definition) is 2. The zero-order chi connectivity index (χ0) is 17.3. The summed E-state index contributed by atoms with van der Waals surface area (Å²) in [5.41, 5.74) is -1.99. The molecule has 1 aromatic heterocycles. The summed E-state index contributed by atoms with van der Waals surface area (Å²) in [7, 11) is 1.67. The molecule has 1 unspecified atom stereocenters. The highest BCUT2D eigenvalue weighted by atomic mass is 19.4. The van der Waals surface area contributed by atoms with Crippen molar-refractivity contribution in [1.82, 2.24) is 9.78 Å². The van der Waals surface area contributed by atoms with Gasteiger partial charge in [-0.2, -0.15) is 23.5 Å². The Morgan fingerprint density at radius 3 is 2.61 bits per heavy atom. The molecule has 122 valence electrons. The van der Waals surface area contributed by atoms with Crippen LogP contribution in [-0.4, -0.2) is 21.4 Å². The lowest BCUT2D eigenvalue weighted by atomic mass is 9.99. The van der Waals surface area contributed by atoms with Crippen LogP contribution >= 0.6 is 0 Å². The number of rotatable bonds is 4. The van der Waals surface area contributed by atoms with E-state index in [0.29, 0.717) is 5.56 Å². The molecule has 2 aromatic rings. The molecule has 0 saturated carbocycles. The van der Waals surface area contributed by atoms with Crippen LogP contribution in [0, 0.1) is 11.3 Å². The van der Waals surface area contributed by atoms with Crippen LogP contribution < -0.4 is 5.32 Å². The summed E-state index contributed by atoms with van der Waals surface area (Å²) in [5, 5.41) is 25.8. The van der Waals surface area contributed by atoms with Gasteiger partial charge in [0.2, 0.25) is 0 Å². The van der Waals surface area contributed by atoms with Gasteiger partial charge in [0.1, 0.15) is 5.60 Å². The van der Waals surface area contributed by atoms with E-state index in [0.717, 1.165) is 18.2 Å². The maximum Gasteiger partial charge on any atom is 0.418 e. The fourth-order valence-corrected chi connectivity index (χ4v) is 2.08. The van der Waals surface area contributed by atoms with Crippen molar-refractivity contribution < 1.29 is 18.3 Å². The molecule has 0 spiro atoms. The van der Waals surface area contributed by atoms with Gasteiger partial charge in [-0.05, 0) is 25.1 Å². The van der Waals surface area contributed by atoms with Crippen LogP contribution in [0.25, 0.3) is 0 Å². The molecule has 2 rings (SSSR count). The van der Waals surface area contributed by atoms with E-state index in [2.05, 4.69) is 10.4 Å². The lowest BCUT2D eigenvalue weighted by Gasteiger charge is -2.24. The molecule has 23 heavy (non-hydrogen) atoms. The molecule has 0 amide bonds. The molecule has 1 aromatic carbocycles. The predicted molar refractivity (Wildman–Crippen MR) is 77.4 cm³/mol. The first kappa shape index (κ1) is 16.8. The van der Waals surface area contributed by atoms with Crippen LogP contribution in [0.5, 0.6) is 0 Å². The summed E-state index contributed by atoms with van der Waals surface area (Å²) < 4.78 is 40.6. The first-order chi connectivity index (χ1) is 10.6. The summed E-state index contributed by atoms with van der Waals surface area (Å²) in [4.78, 5) is 0. The van der Waals surface area contributed by atoms with Gasteiger partial charge < -0.3 is 10.4 Å². The molecular weight excluding hydrogens is 309 g/mol. The summed E-state index contributed by atoms with van der Waals surface area (Å²) in [6, 6.07) is 4.86. The number of alkyl halides is 3. The van der Waals surface area contributed by atoms with Gasteiger partial charge in [-0.3, -0.25) is 4.68 Å². The Bertz CT molecular complexity index is 744. The average molecular weight is 324 g/mol. The number of nitriles is 1. The molecule has 2 N–H and O–H groups in total. The third kappa shape index (κ3) is 3.81. The van der Waals surface area contributed by atoms with E-state index in [9.17, 15) is 18.3 Å². The molecule has 0 bridgehead atoms. The molecule has 0 aliphatic rings. The van der Waals surface area contributed by atoms with Crippen LogP contribution in [-0.2, 0) is 18.8 Å². The Labute approximate surface area is 131 Å². The maximum atomic E-state index is 13.0. The number of benzene rings is 1. The minimum Gasteiger partial charge on any atom is -0.383 e. The number of nitrogens with zero attached hydrogens (tertiary/aromatic N) is 3. The van der Waals surface area contributed by atoms with Crippen LogP contribution in [0.3, 0.4) is 0 Å². The standard InChI is InChI=1S/C15H15F3N4O/c1-14(23,11-7-21-22(2)8-11)9-20-13-5-10(6-19)3-4-12(13)15(16,17)18/h3-5,7-8,20,23H,9H2,1-2H3. The average Bonchev–Trinajstić information content (AvgIpc) is 2.91. The number of nitrogens with one attached hydrogen (secondary N) is 1. The normalized spacial score (nSPS) is 14.1. The number of anilines is 1. The van der Waals surface area contributed by atoms with E-state index in [1.54, 1.807) is 19.3 Å². The molecule has 0 aliphatic carbocycles. The van der Waals surface area contributed by atoms with Crippen molar-refractivity contribution in [3.8, 4) is 6.07 Å². The van der Waals surface area contributed by atoms with Gasteiger partial charge in [0.15, 0.2) is 0 Å². The summed E-state index contributed by atoms with van der Waals surface area (Å²) in [6.07, 6.45) is -1.54. The lowest BCUT2D eigenvalue weighted by molar-refractivity contribution is -0.137. The van der Waals surface area contributed by atoms with Gasteiger partial charge >= 0.3 is 6.18 Å². The lowest BCUT2D eigenvalue weighted by Crippen LogP contribution is -2.31. The van der Waals surface area contributed by atoms with E-state index in [1.807, 2.05) is 0 Å². The molecule has 0 fully saturated rings. The summed E-state index contributed by atoms with van der Waals surface area (Å²) >= 11 is 0. The second kappa shape index (κ2) is 5.93. The first-order valence-electron chi connectivity index (χ1n) is 6.70. The van der Waals surface area contributed by atoms with Crippen LogP contribution in [0.1, 0.15) is 23.6 Å². The second-order valence-electron chi connectivity index (χ2n) is 5.40. The van der Waals surface area contributed by atoms with Crippen molar-refractivity contribution in [3.05, 3.63) is 47.3 Å². The van der Waals surface area contributed by atoms with Gasteiger partial charge in [0.05, 0.1) is 23.4 Å². The van der Waals surface area contributed by atoms with Gasteiger partial charge in [-0.25, -0.2) is 0 Å². The highest BCUT2D eigenvalue weighted by Crippen LogP contribution is 2.35. The van der Waals surface area contributed by atoms with Crippen LogP contribution in [0.4, 0.5) is 18.9 Å². The Hall–Kier alpha value is -2.53. The number of aromatic nitrogens is 2. The predicted octanol–water partition coefficient (Wildman–Crippen LogP) is 2.63. The molecule has 5 nitrogen and oxygen atoms in total. The van der Waals surface area contributed by atoms with E-state index < -0.39 is 17.3 Å². The van der Waals surface area contributed by atoms with E-state index >= 15 is 0 Å². The number of aliphatic hydroxyl groups is 1. The quantitative estimate of drug-likeness (QED) is 0.907. The summed E-state index contributed by atoms with van der Waals surface area (Å²) in [6.45, 7) is 1.30. The van der Waals surface area contributed by atoms with Crippen molar-refractivity contribution >= 4 is 5.69 Å². The van der Waals surface area contributed by atoms with Gasteiger partial charge in [0, 0.05) is 31.0 Å². The summed E-state index contributed by atoms with van der Waals surface area (Å²) in [5.74, 6) is 0. The fourth-order valence-electron chi connectivity index (χ4n) is 2.08. The monoisotopic (exact) mass is 324 g/mol. The van der Waals surface area contributed by atoms with Crippen molar-refractivity contribution in [2.24, 2.45) is 7.05 Å². The molecule has 8 heteroatoms. The number of hydrogen-bond acceptors (Lipinski definition) is 4. The zero-order valence-corrected chi connectivity index (χ0v) is 12.5. The fraction of sp³-hybridized carbons (Fsp3) is 0.333. The second-order valence-corrected chi connectivity index (χ2v) is 5.40. The number of aryl methyl sites for hydroxylation is 1. The van der Waals surface area contributed by atoms with Crippen molar-refractivity contribution in [2.75, 3.05) is 11.9 Å².